The SMILES string of the molecule is CCCCC(CO)c1ccc(-c2ccc(-c3ccc(C4(c5ccc(C6CCC(c7ccc(-c8ccccc8)cc7)CC6)cc5)c5ccccc5C5CCCCC54)cc3)cc2)cc1. The number of benzene rings is 7. The van der Waals surface area contributed by atoms with Crippen molar-refractivity contribution in [2.45, 2.75) is 107 Å². The molecule has 0 saturated heterocycles. The summed E-state index contributed by atoms with van der Waals surface area (Å²) in [6.07, 6.45) is 13.5. The molecule has 4 atom stereocenters. The smallest absolute Gasteiger partial charge is 0.0499 e. The molecular formula is C61H62O. The second-order valence-electron chi connectivity index (χ2n) is 18.8. The first-order valence-electron chi connectivity index (χ1n) is 23.9. The minimum absolute atomic E-state index is 0.163. The Morgan fingerprint density at radius 1 is 0.484 bits per heavy atom. The van der Waals surface area contributed by atoms with Crippen LogP contribution < -0.4 is 0 Å². The van der Waals surface area contributed by atoms with Crippen LogP contribution in [-0.4, -0.2) is 11.7 Å². The van der Waals surface area contributed by atoms with Gasteiger partial charge in [0.25, 0.3) is 0 Å². The summed E-state index contributed by atoms with van der Waals surface area (Å²) in [5, 5.41) is 9.99. The Labute approximate surface area is 370 Å². The maximum absolute atomic E-state index is 9.99. The molecule has 312 valence electrons. The van der Waals surface area contributed by atoms with Crippen molar-refractivity contribution in [3.8, 4) is 33.4 Å². The Morgan fingerprint density at radius 3 is 1.50 bits per heavy atom. The van der Waals surface area contributed by atoms with Crippen molar-refractivity contribution in [1.29, 1.82) is 0 Å². The highest BCUT2D eigenvalue weighted by molar-refractivity contribution is 5.72. The summed E-state index contributed by atoms with van der Waals surface area (Å²) in [7, 11) is 0. The second-order valence-corrected chi connectivity index (χ2v) is 18.8. The number of aliphatic hydroxyl groups is 1. The fourth-order valence-electron chi connectivity index (χ4n) is 12.2. The largest absolute Gasteiger partial charge is 0.396 e. The van der Waals surface area contributed by atoms with Gasteiger partial charge in [0.2, 0.25) is 0 Å². The predicted molar refractivity (Wildman–Crippen MR) is 260 cm³/mol. The van der Waals surface area contributed by atoms with Gasteiger partial charge in [-0.15, -0.1) is 0 Å². The lowest BCUT2D eigenvalue weighted by molar-refractivity contribution is 0.257. The normalized spacial score (nSPS) is 22.4. The highest BCUT2D eigenvalue weighted by Gasteiger charge is 2.54. The van der Waals surface area contributed by atoms with Gasteiger partial charge in [0.15, 0.2) is 0 Å². The lowest BCUT2D eigenvalue weighted by Gasteiger charge is -2.42. The van der Waals surface area contributed by atoms with Crippen molar-refractivity contribution >= 4 is 0 Å². The van der Waals surface area contributed by atoms with Gasteiger partial charge in [-0.1, -0.05) is 209 Å². The van der Waals surface area contributed by atoms with Gasteiger partial charge in [-0.05, 0) is 141 Å². The lowest BCUT2D eigenvalue weighted by atomic mass is 9.60. The fraction of sp³-hybridized carbons (Fsp3) is 0.311. The molecule has 1 N–H and O–H groups in total. The molecule has 0 amide bonds. The van der Waals surface area contributed by atoms with E-state index in [1.165, 1.54) is 118 Å². The van der Waals surface area contributed by atoms with Gasteiger partial charge in [-0.25, -0.2) is 0 Å². The fourth-order valence-corrected chi connectivity index (χ4v) is 12.2. The van der Waals surface area contributed by atoms with Gasteiger partial charge < -0.3 is 5.11 Å². The van der Waals surface area contributed by atoms with Crippen LogP contribution in [-0.2, 0) is 5.41 Å². The summed E-state index contributed by atoms with van der Waals surface area (Å²) >= 11 is 0. The first kappa shape index (κ1) is 40.6. The van der Waals surface area contributed by atoms with Crippen LogP contribution in [0.15, 0.2) is 176 Å². The Kier molecular flexibility index (Phi) is 11.8. The molecule has 2 fully saturated rings. The molecule has 62 heavy (non-hydrogen) atoms. The molecule has 0 aromatic heterocycles. The number of rotatable bonds is 12. The van der Waals surface area contributed by atoms with Crippen molar-refractivity contribution in [2.75, 3.05) is 6.61 Å². The maximum atomic E-state index is 9.99. The minimum Gasteiger partial charge on any atom is -0.396 e. The Hall–Kier alpha value is -5.50. The van der Waals surface area contributed by atoms with E-state index in [0.717, 1.165) is 19.3 Å². The molecule has 3 aliphatic carbocycles. The zero-order valence-corrected chi connectivity index (χ0v) is 36.6. The molecule has 10 rings (SSSR count). The second kappa shape index (κ2) is 18.1. The quantitative estimate of drug-likeness (QED) is 0.130. The van der Waals surface area contributed by atoms with Crippen molar-refractivity contribution < 1.29 is 5.11 Å². The summed E-state index contributed by atoms with van der Waals surface area (Å²) in [6.45, 7) is 2.42. The van der Waals surface area contributed by atoms with Gasteiger partial charge in [0, 0.05) is 17.9 Å². The van der Waals surface area contributed by atoms with E-state index in [-0.39, 0.29) is 17.9 Å². The lowest BCUT2D eigenvalue weighted by Crippen LogP contribution is -2.37. The molecule has 0 spiro atoms. The predicted octanol–water partition coefficient (Wildman–Crippen LogP) is 16.0. The Balaban J connectivity index is 0.897. The molecule has 1 nitrogen and oxygen atoms in total. The van der Waals surface area contributed by atoms with Gasteiger partial charge in [0.05, 0.1) is 0 Å². The van der Waals surface area contributed by atoms with E-state index in [1.807, 2.05) is 0 Å². The average Bonchev–Trinajstić information content (AvgIpc) is 3.66. The molecule has 0 heterocycles. The zero-order chi connectivity index (χ0) is 41.9. The highest BCUT2D eigenvalue weighted by Crippen LogP contribution is 2.62. The third kappa shape index (κ3) is 7.68. The van der Waals surface area contributed by atoms with E-state index in [9.17, 15) is 5.11 Å². The van der Waals surface area contributed by atoms with Crippen LogP contribution in [0.4, 0.5) is 0 Å². The summed E-state index contributed by atoms with van der Waals surface area (Å²) in [5.41, 5.74) is 17.7. The van der Waals surface area contributed by atoms with E-state index in [0.29, 0.717) is 23.7 Å². The number of aliphatic hydroxyl groups excluding tert-OH is 1. The first-order valence-corrected chi connectivity index (χ1v) is 23.9. The summed E-state index contributed by atoms with van der Waals surface area (Å²) < 4.78 is 0. The standard InChI is InChI=1S/C61H62O/c1-2-3-11-54(42-62)53-32-30-48(31-33-53)47-24-28-50(29-25-47)52-36-40-56(41-37-52)61(59-16-9-7-14-57(59)58-15-8-10-17-60(58)61)55-38-34-51(35-39-55)49-26-22-46(23-27-49)45-20-18-44(19-21-45)43-12-5-4-6-13-43/h4-7,9,12-14,16,18-21,24-25,28-41,46,49,54,58,60,62H,2-3,8,10-11,15,17,22-23,26-27,42H2,1H3. The van der Waals surface area contributed by atoms with Crippen LogP contribution in [0.2, 0.25) is 0 Å². The van der Waals surface area contributed by atoms with Crippen LogP contribution in [0.3, 0.4) is 0 Å². The van der Waals surface area contributed by atoms with Crippen LogP contribution in [0.1, 0.15) is 140 Å². The summed E-state index contributed by atoms with van der Waals surface area (Å²) in [6, 6.07) is 67.3. The van der Waals surface area contributed by atoms with Crippen molar-refractivity contribution in [2.24, 2.45) is 5.92 Å². The zero-order valence-electron chi connectivity index (χ0n) is 36.6. The first-order chi connectivity index (χ1) is 30.6. The Bertz CT molecular complexity index is 2530. The number of unbranched alkanes of at least 4 members (excludes halogenated alkanes) is 1. The topological polar surface area (TPSA) is 20.2 Å². The number of hydrogen-bond acceptors (Lipinski definition) is 1. The monoisotopic (exact) mass is 810 g/mol. The maximum Gasteiger partial charge on any atom is 0.0499 e. The van der Waals surface area contributed by atoms with E-state index in [4.69, 9.17) is 0 Å². The van der Waals surface area contributed by atoms with Gasteiger partial charge >= 0.3 is 0 Å². The van der Waals surface area contributed by atoms with Crippen molar-refractivity contribution in [3.05, 3.63) is 215 Å². The van der Waals surface area contributed by atoms with Crippen LogP contribution in [0.5, 0.6) is 0 Å². The molecule has 7 aromatic rings. The molecule has 7 aromatic carbocycles. The molecule has 1 heteroatoms. The Morgan fingerprint density at radius 2 is 0.935 bits per heavy atom. The molecule has 3 aliphatic rings. The summed E-state index contributed by atoms with van der Waals surface area (Å²) in [4.78, 5) is 0. The molecule has 2 saturated carbocycles. The van der Waals surface area contributed by atoms with Crippen LogP contribution in [0.25, 0.3) is 33.4 Å². The third-order valence-corrected chi connectivity index (χ3v) is 15.6. The molecule has 0 bridgehead atoms. The van der Waals surface area contributed by atoms with Crippen LogP contribution >= 0.6 is 0 Å². The molecular weight excluding hydrogens is 749 g/mol. The molecule has 0 radical (unpaired) electrons. The van der Waals surface area contributed by atoms with E-state index in [2.05, 4.69) is 183 Å². The highest BCUT2D eigenvalue weighted by atomic mass is 16.3. The number of fused-ring (bicyclic) bond motifs is 3. The van der Waals surface area contributed by atoms with Gasteiger partial charge in [0.1, 0.15) is 0 Å². The minimum atomic E-state index is -0.163. The van der Waals surface area contributed by atoms with Gasteiger partial charge in [-0.3, -0.25) is 0 Å². The van der Waals surface area contributed by atoms with E-state index < -0.39 is 0 Å². The van der Waals surface area contributed by atoms with Crippen molar-refractivity contribution in [1.82, 2.24) is 0 Å². The van der Waals surface area contributed by atoms with E-state index in [1.54, 1.807) is 5.56 Å². The van der Waals surface area contributed by atoms with E-state index >= 15 is 0 Å². The average molecular weight is 811 g/mol. The molecule has 4 unspecified atom stereocenters. The van der Waals surface area contributed by atoms with Gasteiger partial charge in [-0.2, -0.15) is 0 Å². The third-order valence-electron chi connectivity index (χ3n) is 15.6. The summed E-state index contributed by atoms with van der Waals surface area (Å²) in [5.74, 6) is 2.65. The van der Waals surface area contributed by atoms with Crippen LogP contribution in [0, 0.1) is 5.92 Å². The van der Waals surface area contributed by atoms with Crippen molar-refractivity contribution in [3.63, 3.8) is 0 Å². The number of hydrogen-bond donors (Lipinski definition) is 1. The molecule has 0 aliphatic heterocycles.